The smallest absolute Gasteiger partial charge is 0.242 e. The fourth-order valence-corrected chi connectivity index (χ4v) is 3.33. The van der Waals surface area contributed by atoms with Crippen molar-refractivity contribution in [2.24, 2.45) is 5.92 Å². The Labute approximate surface area is 180 Å². The van der Waals surface area contributed by atoms with Crippen molar-refractivity contribution in [1.29, 1.82) is 0 Å². The molecule has 0 saturated heterocycles. The first kappa shape index (κ1) is 23.5. The van der Waals surface area contributed by atoms with Gasteiger partial charge in [-0.1, -0.05) is 57.2 Å². The molecule has 2 amide bonds. The quantitative estimate of drug-likeness (QED) is 0.641. The molecule has 0 aliphatic rings. The molecule has 1 atom stereocenters. The van der Waals surface area contributed by atoms with E-state index in [1.165, 1.54) is 0 Å². The maximum absolute atomic E-state index is 13.3. The van der Waals surface area contributed by atoms with Crippen LogP contribution in [0.15, 0.2) is 48.5 Å². The van der Waals surface area contributed by atoms with Crippen LogP contribution in [0.4, 0.5) is 0 Å². The maximum Gasteiger partial charge on any atom is 0.242 e. The summed E-state index contributed by atoms with van der Waals surface area (Å²) in [6, 6.07) is 15.0. The first-order valence-electron chi connectivity index (χ1n) is 10.6. The summed E-state index contributed by atoms with van der Waals surface area (Å²) >= 11 is 0. The zero-order valence-electron chi connectivity index (χ0n) is 18.8. The van der Waals surface area contributed by atoms with Gasteiger partial charge in [0.15, 0.2) is 0 Å². The van der Waals surface area contributed by atoms with E-state index in [1.807, 2.05) is 62.4 Å². The highest BCUT2D eigenvalue weighted by Gasteiger charge is 2.29. The molecule has 30 heavy (non-hydrogen) atoms. The summed E-state index contributed by atoms with van der Waals surface area (Å²) in [6.07, 6.45) is 0.800. The Bertz CT molecular complexity index is 831. The van der Waals surface area contributed by atoms with E-state index >= 15 is 0 Å². The summed E-state index contributed by atoms with van der Waals surface area (Å²) in [5.74, 6) is 0.951. The molecule has 0 heterocycles. The van der Waals surface area contributed by atoms with E-state index in [2.05, 4.69) is 19.2 Å². The molecule has 0 unspecified atom stereocenters. The van der Waals surface area contributed by atoms with Crippen molar-refractivity contribution >= 4 is 11.8 Å². The van der Waals surface area contributed by atoms with Gasteiger partial charge in [-0.05, 0) is 48.1 Å². The minimum Gasteiger partial charge on any atom is -0.497 e. The van der Waals surface area contributed by atoms with Crippen molar-refractivity contribution in [3.05, 3.63) is 65.2 Å². The van der Waals surface area contributed by atoms with Gasteiger partial charge in [0, 0.05) is 13.1 Å². The Kier molecular flexibility index (Phi) is 8.90. The Balaban J connectivity index is 2.27. The zero-order chi connectivity index (χ0) is 22.1. The predicted molar refractivity (Wildman–Crippen MR) is 120 cm³/mol. The monoisotopic (exact) mass is 410 g/mol. The van der Waals surface area contributed by atoms with Crippen molar-refractivity contribution in [2.75, 3.05) is 13.7 Å². The van der Waals surface area contributed by atoms with Gasteiger partial charge in [-0.25, -0.2) is 0 Å². The molecule has 5 nitrogen and oxygen atoms in total. The molecule has 5 heteroatoms. The lowest BCUT2D eigenvalue weighted by molar-refractivity contribution is -0.141. The Morgan fingerprint density at radius 1 is 1.07 bits per heavy atom. The van der Waals surface area contributed by atoms with Crippen LogP contribution in [0, 0.1) is 12.8 Å². The molecule has 0 aliphatic carbocycles. The van der Waals surface area contributed by atoms with Crippen LogP contribution in [0.1, 0.15) is 43.9 Å². The van der Waals surface area contributed by atoms with Gasteiger partial charge in [-0.2, -0.15) is 0 Å². The van der Waals surface area contributed by atoms with E-state index in [9.17, 15) is 9.59 Å². The average Bonchev–Trinajstić information content (AvgIpc) is 2.73. The van der Waals surface area contributed by atoms with Gasteiger partial charge >= 0.3 is 0 Å². The van der Waals surface area contributed by atoms with Crippen molar-refractivity contribution < 1.29 is 14.3 Å². The summed E-state index contributed by atoms with van der Waals surface area (Å²) in [7, 11) is 1.62. The minimum absolute atomic E-state index is 0.0602. The third kappa shape index (κ3) is 6.61. The number of ether oxygens (including phenoxy) is 1. The van der Waals surface area contributed by atoms with Crippen LogP contribution in [0.2, 0.25) is 0 Å². The summed E-state index contributed by atoms with van der Waals surface area (Å²) < 4.78 is 5.20. The molecule has 162 valence electrons. The number of carbonyl (C=O) groups excluding carboxylic acids is 2. The van der Waals surface area contributed by atoms with Crippen LogP contribution in [0.3, 0.4) is 0 Å². The molecule has 2 aromatic rings. The molecule has 0 aliphatic heterocycles. The van der Waals surface area contributed by atoms with E-state index in [0.29, 0.717) is 25.4 Å². The number of carbonyl (C=O) groups is 2. The Hall–Kier alpha value is -2.82. The largest absolute Gasteiger partial charge is 0.497 e. The van der Waals surface area contributed by atoms with E-state index in [-0.39, 0.29) is 18.2 Å². The van der Waals surface area contributed by atoms with Gasteiger partial charge in [0.2, 0.25) is 11.8 Å². The summed E-state index contributed by atoms with van der Waals surface area (Å²) in [4.78, 5) is 28.0. The number of aryl methyl sites for hydroxylation is 1. The molecule has 0 fully saturated rings. The molecule has 0 saturated carbocycles. The lowest BCUT2D eigenvalue weighted by atomic mass is 10.0. The molecule has 2 aromatic carbocycles. The number of nitrogens with zero attached hydrogens (tertiary/aromatic N) is 1. The highest BCUT2D eigenvalue weighted by atomic mass is 16.5. The second-order valence-corrected chi connectivity index (χ2v) is 8.04. The minimum atomic E-state index is -0.505. The molecule has 0 radical (unpaired) electrons. The van der Waals surface area contributed by atoms with Crippen LogP contribution in [0.25, 0.3) is 0 Å². The second kappa shape index (κ2) is 11.4. The van der Waals surface area contributed by atoms with Crippen LogP contribution in [-0.2, 0) is 22.6 Å². The lowest BCUT2D eigenvalue weighted by Crippen LogP contribution is -2.50. The number of hydrogen-bond acceptors (Lipinski definition) is 3. The molecule has 0 aromatic heterocycles. The molecule has 1 N–H and O–H groups in total. The van der Waals surface area contributed by atoms with Crippen molar-refractivity contribution in [3.63, 3.8) is 0 Å². The van der Waals surface area contributed by atoms with Crippen LogP contribution < -0.4 is 10.1 Å². The summed E-state index contributed by atoms with van der Waals surface area (Å²) in [6.45, 7) is 9.10. The highest BCUT2D eigenvalue weighted by Crippen LogP contribution is 2.18. The normalized spacial score (nSPS) is 11.8. The first-order valence-corrected chi connectivity index (χ1v) is 10.6. The topological polar surface area (TPSA) is 58.6 Å². The molecular formula is C25H34N2O3. The van der Waals surface area contributed by atoms with Gasteiger partial charge in [-0.15, -0.1) is 0 Å². The van der Waals surface area contributed by atoms with Crippen LogP contribution >= 0.6 is 0 Å². The number of rotatable bonds is 10. The third-order valence-electron chi connectivity index (χ3n) is 5.19. The van der Waals surface area contributed by atoms with Crippen molar-refractivity contribution in [1.82, 2.24) is 10.2 Å². The van der Waals surface area contributed by atoms with E-state index in [0.717, 1.165) is 22.4 Å². The zero-order valence-corrected chi connectivity index (χ0v) is 18.8. The third-order valence-corrected chi connectivity index (χ3v) is 5.19. The lowest BCUT2D eigenvalue weighted by Gasteiger charge is -2.31. The standard InChI is InChI=1S/C25H34N2O3/c1-6-23(25(29)26-16-18(2)3)27(17-21-10-8-7-9-19(21)4)24(28)15-20-11-13-22(30-5)14-12-20/h7-14,18,23H,6,15-17H2,1-5H3,(H,26,29)/t23-/m1/s1. The Morgan fingerprint density at radius 2 is 1.73 bits per heavy atom. The van der Waals surface area contributed by atoms with Crippen molar-refractivity contribution in [2.45, 2.75) is 53.1 Å². The van der Waals surface area contributed by atoms with E-state index in [1.54, 1.807) is 12.0 Å². The van der Waals surface area contributed by atoms with Crippen LogP contribution in [-0.4, -0.2) is 36.4 Å². The van der Waals surface area contributed by atoms with Gasteiger partial charge < -0.3 is 15.0 Å². The molecule has 0 spiro atoms. The van der Waals surface area contributed by atoms with Gasteiger partial charge in [0.25, 0.3) is 0 Å². The van der Waals surface area contributed by atoms with Gasteiger partial charge in [0.05, 0.1) is 13.5 Å². The number of nitrogens with one attached hydrogen (secondary N) is 1. The number of hydrogen-bond donors (Lipinski definition) is 1. The van der Waals surface area contributed by atoms with Crippen LogP contribution in [0.5, 0.6) is 5.75 Å². The maximum atomic E-state index is 13.3. The highest BCUT2D eigenvalue weighted by molar-refractivity contribution is 5.88. The molecule has 0 bridgehead atoms. The second-order valence-electron chi connectivity index (χ2n) is 8.04. The number of benzene rings is 2. The summed E-state index contributed by atoms with van der Waals surface area (Å²) in [5, 5.41) is 3.00. The summed E-state index contributed by atoms with van der Waals surface area (Å²) in [5.41, 5.74) is 3.06. The van der Waals surface area contributed by atoms with E-state index in [4.69, 9.17) is 4.74 Å². The van der Waals surface area contributed by atoms with Crippen molar-refractivity contribution in [3.8, 4) is 5.75 Å². The molecular weight excluding hydrogens is 376 g/mol. The van der Waals surface area contributed by atoms with Gasteiger partial charge in [-0.3, -0.25) is 9.59 Å². The molecule has 2 rings (SSSR count). The fraction of sp³-hybridized carbons (Fsp3) is 0.440. The number of methoxy groups -OCH3 is 1. The number of amides is 2. The average molecular weight is 411 g/mol. The van der Waals surface area contributed by atoms with Gasteiger partial charge in [0.1, 0.15) is 11.8 Å². The van der Waals surface area contributed by atoms with E-state index < -0.39 is 6.04 Å². The Morgan fingerprint density at radius 3 is 2.30 bits per heavy atom. The predicted octanol–water partition coefficient (Wildman–Crippen LogP) is 4.13. The SMILES string of the molecule is CC[C@H](C(=O)NCC(C)C)N(Cc1ccccc1C)C(=O)Cc1ccc(OC)cc1. The fourth-order valence-electron chi connectivity index (χ4n) is 3.33. The first-order chi connectivity index (χ1) is 14.3.